The molecule has 0 aromatic rings. The Morgan fingerprint density at radius 1 is 0.579 bits per heavy atom. The highest BCUT2D eigenvalue weighted by molar-refractivity contribution is 4.83. The van der Waals surface area contributed by atoms with Gasteiger partial charge in [-0.05, 0) is 90.9 Å². The molecule has 1 heteroatoms. The summed E-state index contributed by atoms with van der Waals surface area (Å²) < 4.78 is 1.56. The molecular formula is C18H34N+. The molecule has 3 rings (SSSR count). The second kappa shape index (κ2) is 5.76. The van der Waals surface area contributed by atoms with Gasteiger partial charge in [0.15, 0.2) is 0 Å². The molecule has 0 heterocycles. The van der Waals surface area contributed by atoms with E-state index in [9.17, 15) is 0 Å². The Hall–Kier alpha value is -0.0400. The van der Waals surface area contributed by atoms with Crippen molar-refractivity contribution in [2.45, 2.75) is 115 Å². The number of rotatable bonds is 4. The van der Waals surface area contributed by atoms with E-state index in [4.69, 9.17) is 0 Å². The first kappa shape index (κ1) is 13.9. The van der Waals surface area contributed by atoms with Gasteiger partial charge < -0.3 is 4.48 Å². The van der Waals surface area contributed by atoms with Gasteiger partial charge in [-0.15, -0.1) is 0 Å². The molecule has 0 amide bonds. The predicted molar refractivity (Wildman–Crippen MR) is 82.2 cm³/mol. The Kier molecular flexibility index (Phi) is 4.22. The highest BCUT2D eigenvalue weighted by Gasteiger charge is 2.52. The van der Waals surface area contributed by atoms with Gasteiger partial charge in [-0.3, -0.25) is 0 Å². The average molecular weight is 264 g/mol. The van der Waals surface area contributed by atoms with E-state index in [0.29, 0.717) is 0 Å². The minimum Gasteiger partial charge on any atom is -0.314 e. The zero-order chi connectivity index (χ0) is 13.3. The van der Waals surface area contributed by atoms with Crippen LogP contribution in [-0.4, -0.2) is 28.7 Å². The molecule has 0 spiro atoms. The fourth-order valence-electron chi connectivity index (χ4n) is 6.21. The molecule has 0 bridgehead atoms. The van der Waals surface area contributed by atoms with Crippen molar-refractivity contribution >= 4 is 0 Å². The summed E-state index contributed by atoms with van der Waals surface area (Å²) in [6.45, 7) is 5.10. The molecule has 3 fully saturated rings. The normalized spacial score (nSPS) is 27.9. The molecule has 0 aromatic heterocycles. The third kappa shape index (κ3) is 2.26. The van der Waals surface area contributed by atoms with Gasteiger partial charge in [0.05, 0.1) is 24.2 Å². The lowest BCUT2D eigenvalue weighted by molar-refractivity contribution is -1.01. The van der Waals surface area contributed by atoms with Crippen molar-refractivity contribution in [3.05, 3.63) is 0 Å². The molecular weight excluding hydrogens is 230 g/mol. The van der Waals surface area contributed by atoms with E-state index in [1.54, 1.807) is 4.48 Å². The van der Waals surface area contributed by atoms with Crippen LogP contribution in [0.15, 0.2) is 0 Å². The molecule has 110 valence electrons. The third-order valence-electron chi connectivity index (χ3n) is 6.77. The van der Waals surface area contributed by atoms with Gasteiger partial charge in [-0.25, -0.2) is 0 Å². The Morgan fingerprint density at radius 3 is 1.05 bits per heavy atom. The van der Waals surface area contributed by atoms with Crippen LogP contribution in [0.3, 0.4) is 0 Å². The van der Waals surface area contributed by atoms with E-state index in [2.05, 4.69) is 13.8 Å². The van der Waals surface area contributed by atoms with E-state index in [0.717, 1.165) is 24.2 Å². The summed E-state index contributed by atoms with van der Waals surface area (Å²) in [5.41, 5.74) is 0. The molecule has 3 aliphatic carbocycles. The van der Waals surface area contributed by atoms with Crippen molar-refractivity contribution in [2.24, 2.45) is 0 Å². The van der Waals surface area contributed by atoms with Gasteiger partial charge in [0.2, 0.25) is 0 Å². The van der Waals surface area contributed by atoms with Gasteiger partial charge in [0, 0.05) is 0 Å². The van der Waals surface area contributed by atoms with Crippen molar-refractivity contribution < 1.29 is 4.48 Å². The van der Waals surface area contributed by atoms with Crippen molar-refractivity contribution in [3.8, 4) is 0 Å². The summed E-state index contributed by atoms with van der Waals surface area (Å²) in [7, 11) is 0. The van der Waals surface area contributed by atoms with E-state index in [1.165, 1.54) is 77.0 Å². The van der Waals surface area contributed by atoms with Crippen LogP contribution in [0.2, 0.25) is 0 Å². The Labute approximate surface area is 120 Å². The zero-order valence-corrected chi connectivity index (χ0v) is 13.2. The maximum atomic E-state index is 2.55. The Balaban J connectivity index is 1.93. The summed E-state index contributed by atoms with van der Waals surface area (Å²) in [6.07, 6.45) is 18.3. The molecule has 0 unspecified atom stereocenters. The van der Waals surface area contributed by atoms with Crippen LogP contribution in [-0.2, 0) is 0 Å². The standard InChI is InChI=1S/C18H34N/c1-15(2)19(16-9-3-4-10-16,17-11-5-6-12-17)18-13-7-8-14-18/h15-18H,3-14H2,1-2H3/q+1. The van der Waals surface area contributed by atoms with Crippen LogP contribution in [0, 0.1) is 0 Å². The number of hydrogen-bond donors (Lipinski definition) is 0. The Morgan fingerprint density at radius 2 is 0.842 bits per heavy atom. The molecule has 0 radical (unpaired) electrons. The summed E-state index contributed by atoms with van der Waals surface area (Å²) in [5.74, 6) is 0. The molecule has 0 aromatic carbocycles. The second-order valence-corrected chi connectivity index (χ2v) is 7.80. The topological polar surface area (TPSA) is 0 Å². The first-order valence-corrected chi connectivity index (χ1v) is 9.14. The van der Waals surface area contributed by atoms with Gasteiger partial charge in [-0.2, -0.15) is 0 Å². The van der Waals surface area contributed by atoms with Gasteiger partial charge in [-0.1, -0.05) is 0 Å². The van der Waals surface area contributed by atoms with Crippen LogP contribution >= 0.6 is 0 Å². The van der Waals surface area contributed by atoms with Gasteiger partial charge in [0.1, 0.15) is 0 Å². The average Bonchev–Trinajstić information content (AvgIpc) is 3.15. The lowest BCUT2D eigenvalue weighted by Crippen LogP contribution is -2.68. The van der Waals surface area contributed by atoms with Crippen molar-refractivity contribution in [2.75, 3.05) is 0 Å². The van der Waals surface area contributed by atoms with Crippen LogP contribution in [0.25, 0.3) is 0 Å². The maximum Gasteiger partial charge on any atom is 0.0896 e. The summed E-state index contributed by atoms with van der Waals surface area (Å²) in [6, 6.07) is 3.91. The van der Waals surface area contributed by atoms with E-state index < -0.39 is 0 Å². The summed E-state index contributed by atoms with van der Waals surface area (Å²) >= 11 is 0. The summed E-state index contributed by atoms with van der Waals surface area (Å²) in [5, 5.41) is 0. The SMILES string of the molecule is CC(C)[N+](C1CCCC1)(C1CCCC1)C1CCCC1. The monoisotopic (exact) mass is 264 g/mol. The van der Waals surface area contributed by atoms with Crippen molar-refractivity contribution in [3.63, 3.8) is 0 Å². The molecule has 1 nitrogen and oxygen atoms in total. The molecule has 0 aliphatic heterocycles. The van der Waals surface area contributed by atoms with E-state index in [-0.39, 0.29) is 0 Å². The molecule has 0 N–H and O–H groups in total. The predicted octanol–water partition coefficient (Wildman–Crippen LogP) is 5.04. The number of quaternary nitrogens is 1. The van der Waals surface area contributed by atoms with E-state index >= 15 is 0 Å². The second-order valence-electron chi connectivity index (χ2n) is 7.80. The molecule has 3 saturated carbocycles. The van der Waals surface area contributed by atoms with Crippen molar-refractivity contribution in [1.82, 2.24) is 0 Å². The maximum absolute atomic E-state index is 2.55. The van der Waals surface area contributed by atoms with Crippen LogP contribution in [0.4, 0.5) is 0 Å². The quantitative estimate of drug-likeness (QED) is 0.624. The fraction of sp³-hybridized carbons (Fsp3) is 1.00. The van der Waals surface area contributed by atoms with Gasteiger partial charge in [0.25, 0.3) is 0 Å². The zero-order valence-electron chi connectivity index (χ0n) is 13.2. The smallest absolute Gasteiger partial charge is 0.0896 e. The summed E-state index contributed by atoms with van der Waals surface area (Å²) in [4.78, 5) is 0. The first-order chi connectivity index (χ1) is 9.26. The largest absolute Gasteiger partial charge is 0.314 e. The van der Waals surface area contributed by atoms with E-state index in [1.807, 2.05) is 0 Å². The van der Waals surface area contributed by atoms with Gasteiger partial charge >= 0.3 is 0 Å². The van der Waals surface area contributed by atoms with Crippen molar-refractivity contribution in [1.29, 1.82) is 0 Å². The Bertz CT molecular complexity index is 237. The van der Waals surface area contributed by atoms with Crippen LogP contribution in [0.1, 0.15) is 90.9 Å². The lowest BCUT2D eigenvalue weighted by atomic mass is 9.93. The number of nitrogens with zero attached hydrogens (tertiary/aromatic N) is 1. The third-order valence-corrected chi connectivity index (χ3v) is 6.77. The minimum absolute atomic E-state index is 0.856. The fourth-order valence-corrected chi connectivity index (χ4v) is 6.21. The molecule has 0 saturated heterocycles. The van der Waals surface area contributed by atoms with Crippen LogP contribution < -0.4 is 0 Å². The molecule has 3 aliphatic rings. The minimum atomic E-state index is 0.856. The first-order valence-electron chi connectivity index (χ1n) is 9.14. The molecule has 0 atom stereocenters. The van der Waals surface area contributed by atoms with Crippen LogP contribution in [0.5, 0.6) is 0 Å². The lowest BCUT2D eigenvalue weighted by Gasteiger charge is -2.55. The highest BCUT2D eigenvalue weighted by atomic mass is 15.4. The molecule has 19 heavy (non-hydrogen) atoms. The number of hydrogen-bond acceptors (Lipinski definition) is 0. The highest BCUT2D eigenvalue weighted by Crippen LogP contribution is 2.46.